The van der Waals surface area contributed by atoms with Gasteiger partial charge in [0.25, 0.3) is 0 Å². The topological polar surface area (TPSA) is 51.8 Å². The summed E-state index contributed by atoms with van der Waals surface area (Å²) in [6.45, 7) is 0. The van der Waals surface area contributed by atoms with Crippen molar-refractivity contribution < 1.29 is 0 Å². The minimum absolute atomic E-state index is 0.654. The third-order valence-corrected chi connectivity index (χ3v) is 2.67. The van der Waals surface area contributed by atoms with Crippen molar-refractivity contribution in [3.63, 3.8) is 0 Å². The Morgan fingerprint density at radius 2 is 1.74 bits per heavy atom. The molecule has 0 aliphatic carbocycles. The summed E-state index contributed by atoms with van der Waals surface area (Å²) < 4.78 is 0. The van der Waals surface area contributed by atoms with Crippen LogP contribution < -0.4 is 5.73 Å². The summed E-state index contributed by atoms with van der Waals surface area (Å²) in [6, 6.07) is 15.3. The summed E-state index contributed by atoms with van der Waals surface area (Å²) in [5, 5.41) is 0. The lowest BCUT2D eigenvalue weighted by Gasteiger charge is -1.98. The maximum atomic E-state index is 5.70. The molecule has 0 aliphatic heterocycles. The number of nitrogen functional groups attached to an aromatic ring is 1. The van der Waals surface area contributed by atoms with E-state index in [1.165, 1.54) is 0 Å². The fourth-order valence-electron chi connectivity index (χ4n) is 1.75. The van der Waals surface area contributed by atoms with Crippen LogP contribution in [0.15, 0.2) is 54.7 Å². The summed E-state index contributed by atoms with van der Waals surface area (Å²) in [5.41, 5.74) is 9.58. The van der Waals surface area contributed by atoms with Crippen LogP contribution >= 0.6 is 0 Å². The first-order valence-corrected chi connectivity index (χ1v) is 5.91. The molecule has 0 saturated heterocycles. The number of hydrogen-bond donors (Lipinski definition) is 1. The summed E-state index contributed by atoms with van der Waals surface area (Å²) in [7, 11) is 0. The van der Waals surface area contributed by atoms with Gasteiger partial charge >= 0.3 is 0 Å². The number of fused-ring (bicyclic) bond motifs is 1. The van der Waals surface area contributed by atoms with Gasteiger partial charge in [-0.3, -0.25) is 4.98 Å². The number of anilines is 1. The van der Waals surface area contributed by atoms with E-state index in [0.29, 0.717) is 11.4 Å². The first kappa shape index (κ1) is 11.2. The number of nitrogens with zero attached hydrogens (tertiary/aromatic N) is 2. The second kappa shape index (κ2) is 4.79. The van der Waals surface area contributed by atoms with Gasteiger partial charge in [0.15, 0.2) is 0 Å². The van der Waals surface area contributed by atoms with Gasteiger partial charge in [-0.25, -0.2) is 4.98 Å². The van der Waals surface area contributed by atoms with Crippen molar-refractivity contribution in [1.82, 2.24) is 9.97 Å². The molecule has 0 atom stereocenters. The fraction of sp³-hybridized carbons (Fsp3) is 0. The molecule has 0 saturated carbocycles. The molecule has 1 heterocycles. The molecule has 0 radical (unpaired) electrons. The second-order valence-electron chi connectivity index (χ2n) is 4.12. The Balaban J connectivity index is 1.99. The van der Waals surface area contributed by atoms with Gasteiger partial charge in [0.1, 0.15) is 5.69 Å². The average molecular weight is 245 g/mol. The van der Waals surface area contributed by atoms with E-state index < -0.39 is 0 Å². The number of hydrogen-bond acceptors (Lipinski definition) is 3. The average Bonchev–Trinajstić information content (AvgIpc) is 2.46. The Bertz CT molecular complexity index is 783. The van der Waals surface area contributed by atoms with Crippen molar-refractivity contribution in [2.75, 3.05) is 5.73 Å². The first-order chi connectivity index (χ1) is 9.31. The molecule has 3 heteroatoms. The van der Waals surface area contributed by atoms with E-state index in [1.807, 2.05) is 42.5 Å². The molecular weight excluding hydrogens is 234 g/mol. The predicted octanol–water partition coefficient (Wildman–Crippen LogP) is 2.61. The molecule has 0 bridgehead atoms. The molecule has 90 valence electrons. The van der Waals surface area contributed by atoms with Crippen LogP contribution in [-0.2, 0) is 0 Å². The molecule has 3 aromatic rings. The summed E-state index contributed by atoms with van der Waals surface area (Å²) in [5.74, 6) is 6.07. The molecule has 19 heavy (non-hydrogen) atoms. The first-order valence-electron chi connectivity index (χ1n) is 5.91. The van der Waals surface area contributed by atoms with Crippen molar-refractivity contribution in [2.45, 2.75) is 0 Å². The van der Waals surface area contributed by atoms with Crippen LogP contribution in [0.1, 0.15) is 11.3 Å². The van der Waals surface area contributed by atoms with Gasteiger partial charge in [0.05, 0.1) is 17.2 Å². The molecule has 0 spiro atoms. The summed E-state index contributed by atoms with van der Waals surface area (Å²) in [6.07, 6.45) is 1.66. The minimum Gasteiger partial charge on any atom is -0.399 e. The van der Waals surface area contributed by atoms with E-state index in [1.54, 1.807) is 12.3 Å². The number of benzene rings is 2. The molecule has 0 amide bonds. The number of nitrogens with two attached hydrogens (primary N) is 1. The van der Waals surface area contributed by atoms with Crippen molar-refractivity contribution in [3.8, 4) is 11.8 Å². The zero-order chi connectivity index (χ0) is 13.1. The van der Waals surface area contributed by atoms with Crippen LogP contribution in [0, 0.1) is 11.8 Å². The molecular formula is C16H11N3. The smallest absolute Gasteiger partial charge is 0.132 e. The molecule has 0 fully saturated rings. The maximum Gasteiger partial charge on any atom is 0.132 e. The molecule has 2 aromatic carbocycles. The molecule has 2 N–H and O–H groups in total. The lowest BCUT2D eigenvalue weighted by molar-refractivity contribution is 1.26. The fourth-order valence-corrected chi connectivity index (χ4v) is 1.75. The maximum absolute atomic E-state index is 5.70. The van der Waals surface area contributed by atoms with Crippen LogP contribution in [0.4, 0.5) is 5.69 Å². The standard InChI is InChI=1S/C16H11N3/c17-13-7-9-15-16(10-13)18-11-14(19-15)8-6-12-4-2-1-3-5-12/h1-5,7,9-11H,17H2. The van der Waals surface area contributed by atoms with E-state index in [-0.39, 0.29) is 0 Å². The Kier molecular flexibility index (Phi) is 2.83. The number of aromatic nitrogens is 2. The van der Waals surface area contributed by atoms with E-state index >= 15 is 0 Å². The zero-order valence-electron chi connectivity index (χ0n) is 10.2. The van der Waals surface area contributed by atoms with E-state index in [0.717, 1.165) is 16.6 Å². The third kappa shape index (κ3) is 2.53. The number of rotatable bonds is 0. The van der Waals surface area contributed by atoms with Gasteiger partial charge in [-0.2, -0.15) is 0 Å². The van der Waals surface area contributed by atoms with Gasteiger partial charge in [-0.15, -0.1) is 0 Å². The summed E-state index contributed by atoms with van der Waals surface area (Å²) >= 11 is 0. The Morgan fingerprint density at radius 1 is 0.895 bits per heavy atom. The third-order valence-electron chi connectivity index (χ3n) is 2.67. The molecule has 1 aromatic heterocycles. The highest BCUT2D eigenvalue weighted by molar-refractivity contribution is 5.78. The van der Waals surface area contributed by atoms with Crippen LogP contribution in [-0.4, -0.2) is 9.97 Å². The zero-order valence-corrected chi connectivity index (χ0v) is 10.2. The minimum atomic E-state index is 0.654. The van der Waals surface area contributed by atoms with Crippen molar-refractivity contribution in [2.24, 2.45) is 0 Å². The van der Waals surface area contributed by atoms with Gasteiger partial charge in [0, 0.05) is 11.3 Å². The lowest BCUT2D eigenvalue weighted by Crippen LogP contribution is -1.90. The van der Waals surface area contributed by atoms with Crippen molar-refractivity contribution >= 4 is 16.7 Å². The van der Waals surface area contributed by atoms with Gasteiger partial charge < -0.3 is 5.73 Å². The van der Waals surface area contributed by atoms with E-state index in [9.17, 15) is 0 Å². The quantitative estimate of drug-likeness (QED) is 0.489. The molecule has 3 rings (SSSR count). The Labute approximate surface area is 111 Å². The normalized spacial score (nSPS) is 9.89. The molecule has 0 unspecified atom stereocenters. The van der Waals surface area contributed by atoms with Gasteiger partial charge in [-0.05, 0) is 36.3 Å². The highest BCUT2D eigenvalue weighted by Crippen LogP contribution is 2.13. The monoisotopic (exact) mass is 245 g/mol. The van der Waals surface area contributed by atoms with Crippen LogP contribution in [0.2, 0.25) is 0 Å². The van der Waals surface area contributed by atoms with E-state index in [2.05, 4.69) is 21.8 Å². The highest BCUT2D eigenvalue weighted by atomic mass is 14.8. The van der Waals surface area contributed by atoms with Crippen LogP contribution in [0.5, 0.6) is 0 Å². The van der Waals surface area contributed by atoms with Gasteiger partial charge in [0.2, 0.25) is 0 Å². The predicted molar refractivity (Wildman–Crippen MR) is 76.4 cm³/mol. The van der Waals surface area contributed by atoms with E-state index in [4.69, 9.17) is 5.73 Å². The molecule has 3 nitrogen and oxygen atoms in total. The highest BCUT2D eigenvalue weighted by Gasteiger charge is 1.98. The van der Waals surface area contributed by atoms with Crippen LogP contribution in [0.25, 0.3) is 11.0 Å². The largest absolute Gasteiger partial charge is 0.399 e. The Hall–Kier alpha value is -2.86. The SMILES string of the molecule is Nc1ccc2nc(C#Cc3ccccc3)cnc2c1. The Morgan fingerprint density at radius 3 is 2.58 bits per heavy atom. The summed E-state index contributed by atoms with van der Waals surface area (Å²) in [4.78, 5) is 8.75. The van der Waals surface area contributed by atoms with Crippen molar-refractivity contribution in [1.29, 1.82) is 0 Å². The van der Waals surface area contributed by atoms with Crippen molar-refractivity contribution in [3.05, 3.63) is 66.0 Å². The van der Waals surface area contributed by atoms with Gasteiger partial charge in [-0.1, -0.05) is 24.1 Å². The second-order valence-corrected chi connectivity index (χ2v) is 4.12. The van der Waals surface area contributed by atoms with Crippen LogP contribution in [0.3, 0.4) is 0 Å². The molecule has 0 aliphatic rings. The lowest BCUT2D eigenvalue weighted by atomic mass is 10.2.